The summed E-state index contributed by atoms with van der Waals surface area (Å²) in [6, 6.07) is 4.39. The van der Waals surface area contributed by atoms with Gasteiger partial charge in [0.15, 0.2) is 12.7 Å². The Bertz CT molecular complexity index is 1350. The lowest BCUT2D eigenvalue weighted by Crippen LogP contribution is -2.40. The molecule has 1 saturated heterocycles. The Labute approximate surface area is 236 Å². The lowest BCUT2D eigenvalue weighted by molar-refractivity contribution is -0.134. The van der Waals surface area contributed by atoms with Crippen molar-refractivity contribution in [2.45, 2.75) is 37.7 Å². The molecule has 14 heteroatoms. The van der Waals surface area contributed by atoms with Gasteiger partial charge in [-0.1, -0.05) is 40.0 Å². The number of nitrogens with zero attached hydrogens (tertiary/aromatic N) is 5. The van der Waals surface area contributed by atoms with E-state index < -0.39 is 12.5 Å². The molecule has 1 fully saturated rings. The number of halogens is 5. The predicted molar refractivity (Wildman–Crippen MR) is 141 cm³/mol. The highest BCUT2D eigenvalue weighted by Gasteiger charge is 2.31. The molecule has 0 spiro atoms. The van der Waals surface area contributed by atoms with Gasteiger partial charge >= 0.3 is 0 Å². The van der Waals surface area contributed by atoms with Crippen molar-refractivity contribution in [1.82, 2.24) is 19.7 Å². The van der Waals surface area contributed by atoms with Crippen LogP contribution in [0.2, 0.25) is 15.1 Å². The molecular weight excluding hydrogens is 583 g/mol. The molecule has 202 valence electrons. The molecule has 2 aromatic heterocycles. The van der Waals surface area contributed by atoms with Crippen LogP contribution in [0.25, 0.3) is 0 Å². The minimum Gasteiger partial charge on any atom is -0.466 e. The van der Waals surface area contributed by atoms with Gasteiger partial charge in [-0.3, -0.25) is 9.48 Å². The number of oxime groups is 1. The van der Waals surface area contributed by atoms with Gasteiger partial charge in [0.25, 0.3) is 12.3 Å². The van der Waals surface area contributed by atoms with Crippen LogP contribution in [0, 0.1) is 0 Å². The molecule has 4 heterocycles. The van der Waals surface area contributed by atoms with Crippen molar-refractivity contribution < 1.29 is 23.1 Å². The van der Waals surface area contributed by atoms with E-state index >= 15 is 0 Å². The number of likely N-dealkylation sites (tertiary alicyclic amines) is 1. The molecule has 3 aromatic rings. The lowest BCUT2D eigenvalue weighted by Gasteiger charge is -2.31. The van der Waals surface area contributed by atoms with Crippen molar-refractivity contribution in [3.05, 3.63) is 60.6 Å². The number of hydrogen-bond donors (Lipinski definition) is 0. The summed E-state index contributed by atoms with van der Waals surface area (Å²) in [6.07, 6.45) is -1.11. The number of thiazole rings is 1. The second kappa shape index (κ2) is 11.3. The number of aryl methyl sites for hydroxylation is 1. The van der Waals surface area contributed by atoms with E-state index in [9.17, 15) is 13.6 Å². The van der Waals surface area contributed by atoms with Crippen LogP contribution in [0.5, 0.6) is 5.88 Å². The standard InChI is InChI=1S/C24H22Cl3F2N5O3S/c1-33-18(23(28)29)9-20(31-33)36-10-21(35)34-4-2-12(3-5-34)24-30-17(11-38-24)16-8-19(37-32-16)22-14(26)6-13(25)7-15(22)27/h6-7,9,11-12,19,23H,2-5,8,10H2,1H3. The summed E-state index contributed by atoms with van der Waals surface area (Å²) < 4.78 is 32.2. The fourth-order valence-electron chi connectivity index (χ4n) is 4.48. The van der Waals surface area contributed by atoms with Crippen molar-refractivity contribution in [2.24, 2.45) is 12.2 Å². The highest BCUT2D eigenvalue weighted by atomic mass is 35.5. The molecule has 38 heavy (non-hydrogen) atoms. The zero-order valence-electron chi connectivity index (χ0n) is 20.0. The average Bonchev–Trinajstić information content (AvgIpc) is 3.62. The fourth-order valence-corrected chi connectivity index (χ4v) is 6.54. The number of hydrogen-bond acceptors (Lipinski definition) is 7. The van der Waals surface area contributed by atoms with Crippen LogP contribution in [0.1, 0.15) is 59.7 Å². The third-order valence-electron chi connectivity index (χ3n) is 6.51. The zero-order valence-corrected chi connectivity index (χ0v) is 23.1. The lowest BCUT2D eigenvalue weighted by atomic mass is 9.97. The van der Waals surface area contributed by atoms with E-state index in [4.69, 9.17) is 49.4 Å². The van der Waals surface area contributed by atoms with Crippen molar-refractivity contribution in [3.63, 3.8) is 0 Å². The maximum atomic E-state index is 12.9. The summed E-state index contributed by atoms with van der Waals surface area (Å²) in [4.78, 5) is 24.7. The van der Waals surface area contributed by atoms with E-state index in [1.165, 1.54) is 7.05 Å². The van der Waals surface area contributed by atoms with Gasteiger partial charge in [-0.25, -0.2) is 13.8 Å². The number of carbonyl (C=O) groups excluding carboxylic acids is 1. The van der Waals surface area contributed by atoms with Crippen molar-refractivity contribution in [1.29, 1.82) is 0 Å². The number of benzene rings is 1. The first-order valence-electron chi connectivity index (χ1n) is 11.7. The molecule has 1 amide bonds. The van der Waals surface area contributed by atoms with Gasteiger partial charge in [0.2, 0.25) is 5.88 Å². The second-order valence-electron chi connectivity index (χ2n) is 8.97. The van der Waals surface area contributed by atoms with Gasteiger partial charge in [0.1, 0.15) is 11.4 Å². The number of rotatable bonds is 7. The van der Waals surface area contributed by atoms with E-state index in [1.54, 1.807) is 28.4 Å². The molecule has 5 rings (SSSR count). The second-order valence-corrected chi connectivity index (χ2v) is 11.1. The third kappa shape index (κ3) is 5.75. The molecule has 1 unspecified atom stereocenters. The van der Waals surface area contributed by atoms with Gasteiger partial charge in [-0.05, 0) is 25.0 Å². The van der Waals surface area contributed by atoms with Gasteiger partial charge in [0, 0.05) is 54.5 Å². The molecule has 0 N–H and O–H groups in total. The largest absolute Gasteiger partial charge is 0.466 e. The molecular formula is C24H22Cl3F2N5O3S. The van der Waals surface area contributed by atoms with Gasteiger partial charge in [0.05, 0.1) is 20.7 Å². The SMILES string of the molecule is Cn1nc(OCC(=O)N2CCC(c3nc(C4=NOC(c5c(Cl)cc(Cl)cc5Cl)C4)cs3)CC2)cc1C(F)F. The molecule has 2 aliphatic rings. The van der Waals surface area contributed by atoms with E-state index in [0.717, 1.165) is 34.3 Å². The number of carbonyl (C=O) groups is 1. The summed E-state index contributed by atoms with van der Waals surface area (Å²) in [5.41, 5.74) is 1.85. The number of ether oxygens (including phenoxy) is 1. The van der Waals surface area contributed by atoms with Gasteiger partial charge < -0.3 is 14.5 Å². The van der Waals surface area contributed by atoms with Crippen LogP contribution in [-0.4, -0.2) is 51.0 Å². The Balaban J connectivity index is 1.13. The Morgan fingerprint density at radius 3 is 2.58 bits per heavy atom. The summed E-state index contributed by atoms with van der Waals surface area (Å²) in [6.45, 7) is 0.840. The summed E-state index contributed by atoms with van der Waals surface area (Å²) in [7, 11) is 1.40. The van der Waals surface area contributed by atoms with E-state index in [0.29, 0.717) is 45.9 Å². The molecule has 0 radical (unpaired) electrons. The Morgan fingerprint density at radius 2 is 1.92 bits per heavy atom. The highest BCUT2D eigenvalue weighted by Crippen LogP contribution is 2.40. The number of aromatic nitrogens is 3. The Morgan fingerprint density at radius 1 is 1.21 bits per heavy atom. The first kappa shape index (κ1) is 27.1. The van der Waals surface area contributed by atoms with Crippen molar-refractivity contribution in [2.75, 3.05) is 19.7 Å². The zero-order chi connectivity index (χ0) is 27.0. The molecule has 1 atom stereocenters. The van der Waals surface area contributed by atoms with Crippen molar-refractivity contribution >= 4 is 57.8 Å². The Hall–Kier alpha value is -2.47. The number of piperidine rings is 1. The van der Waals surface area contributed by atoms with E-state index in [1.807, 2.05) is 5.38 Å². The van der Waals surface area contributed by atoms with Crippen LogP contribution in [0.3, 0.4) is 0 Å². The summed E-state index contributed by atoms with van der Waals surface area (Å²) >= 11 is 20.2. The predicted octanol–water partition coefficient (Wildman–Crippen LogP) is 6.43. The molecule has 2 aliphatic heterocycles. The van der Waals surface area contributed by atoms with Crippen molar-refractivity contribution in [3.8, 4) is 5.88 Å². The summed E-state index contributed by atoms with van der Waals surface area (Å²) in [5, 5.41) is 12.3. The van der Waals surface area contributed by atoms with Crippen LogP contribution < -0.4 is 4.74 Å². The van der Waals surface area contributed by atoms with Gasteiger partial charge in [-0.2, -0.15) is 0 Å². The molecule has 0 aliphatic carbocycles. The first-order valence-corrected chi connectivity index (χ1v) is 13.8. The normalized spacial score (nSPS) is 18.1. The third-order valence-corrected chi connectivity index (χ3v) is 8.36. The van der Waals surface area contributed by atoms with Crippen LogP contribution >= 0.6 is 46.1 Å². The van der Waals surface area contributed by atoms with Crippen LogP contribution in [0.4, 0.5) is 8.78 Å². The maximum absolute atomic E-state index is 12.9. The fraction of sp³-hybridized carbons (Fsp3) is 0.417. The van der Waals surface area contributed by atoms with Gasteiger partial charge in [-0.15, -0.1) is 16.4 Å². The minimum atomic E-state index is -2.67. The molecule has 0 saturated carbocycles. The minimum absolute atomic E-state index is 0.00278. The van der Waals surface area contributed by atoms with E-state index in [2.05, 4.69) is 10.3 Å². The smallest absolute Gasteiger partial charge is 0.280 e. The maximum Gasteiger partial charge on any atom is 0.280 e. The molecule has 1 aromatic carbocycles. The molecule has 0 bridgehead atoms. The number of alkyl halides is 2. The van der Waals surface area contributed by atoms with Crippen LogP contribution in [-0.2, 0) is 16.7 Å². The topological polar surface area (TPSA) is 81.8 Å². The Kier molecular flexibility index (Phi) is 8.08. The quantitative estimate of drug-likeness (QED) is 0.311. The summed E-state index contributed by atoms with van der Waals surface area (Å²) in [5.74, 6) is 0.000494. The highest BCUT2D eigenvalue weighted by molar-refractivity contribution is 7.10. The molecule has 8 nitrogen and oxygen atoms in total. The van der Waals surface area contributed by atoms with Crippen LogP contribution in [0.15, 0.2) is 28.7 Å². The monoisotopic (exact) mass is 603 g/mol. The number of amides is 1. The average molecular weight is 605 g/mol. The first-order chi connectivity index (χ1) is 18.2. The van der Waals surface area contributed by atoms with E-state index in [-0.39, 0.29) is 30.0 Å².